The molecule has 0 heterocycles. The molecule has 0 bridgehead atoms. The molecule has 0 aliphatic heterocycles. The molecule has 0 fully saturated rings. The summed E-state index contributed by atoms with van der Waals surface area (Å²) in [6.07, 6.45) is 10.6. The van der Waals surface area contributed by atoms with Crippen LogP contribution in [0.5, 0.6) is 0 Å². The van der Waals surface area contributed by atoms with Gasteiger partial charge in [-0.2, -0.15) is 0 Å². The van der Waals surface area contributed by atoms with Crippen molar-refractivity contribution >= 4 is 5.97 Å². The molecule has 1 N–H and O–H groups in total. The molecule has 0 amide bonds. The first-order valence-corrected chi connectivity index (χ1v) is 8.24. The van der Waals surface area contributed by atoms with Crippen LogP contribution in [0.3, 0.4) is 0 Å². The van der Waals surface area contributed by atoms with E-state index in [4.69, 9.17) is 12.0 Å². The summed E-state index contributed by atoms with van der Waals surface area (Å²) in [4.78, 5) is 10.5. The molecule has 20 heavy (non-hydrogen) atoms. The van der Waals surface area contributed by atoms with Crippen LogP contribution in [0.15, 0.2) is 0 Å². The molecule has 1 unspecified atom stereocenters. The fraction of sp³-hybridized carbons (Fsp3) is 0.944. The minimum atomic E-state index is -1.36. The second-order valence-electron chi connectivity index (χ2n) is 5.42. The van der Waals surface area contributed by atoms with E-state index in [9.17, 15) is 4.79 Å². The molecule has 2 heteroatoms. The lowest BCUT2D eigenvalue weighted by atomic mass is 10.0. The van der Waals surface area contributed by atoms with E-state index in [0.29, 0.717) is 12.8 Å². The van der Waals surface area contributed by atoms with Gasteiger partial charge in [0.1, 0.15) is 0 Å². The number of carboxylic acid groups (broad SMARTS) is 1. The fourth-order valence-electron chi connectivity index (χ4n) is 2.31. The first kappa shape index (κ1) is 12.1. The minimum Gasteiger partial charge on any atom is -0.481 e. The van der Waals surface area contributed by atoms with Gasteiger partial charge in [0.2, 0.25) is 0 Å². The zero-order chi connectivity index (χ0) is 19.1. The molecule has 0 aliphatic rings. The summed E-state index contributed by atoms with van der Waals surface area (Å²) < 4.78 is 37.0. The monoisotopic (exact) mass is 289 g/mol. The van der Waals surface area contributed by atoms with Gasteiger partial charge in [-0.3, -0.25) is 4.79 Å². The highest BCUT2D eigenvalue weighted by atomic mass is 16.4. The Kier molecular flexibility index (Phi) is 9.96. The molecule has 0 aromatic carbocycles. The maximum absolute atomic E-state index is 10.5. The largest absolute Gasteiger partial charge is 0.481 e. The lowest BCUT2D eigenvalue weighted by molar-refractivity contribution is -0.137. The molecule has 0 saturated heterocycles. The Morgan fingerprint density at radius 1 is 0.800 bits per heavy atom. The van der Waals surface area contributed by atoms with Gasteiger partial charge in [0.05, 0.1) is 0 Å². The van der Waals surface area contributed by atoms with Crippen LogP contribution in [0.2, 0.25) is 0 Å². The summed E-state index contributed by atoms with van der Waals surface area (Å²) in [5.41, 5.74) is 0. The Morgan fingerprint density at radius 3 is 1.60 bits per heavy atom. The van der Waals surface area contributed by atoms with Gasteiger partial charge < -0.3 is 5.11 Å². The van der Waals surface area contributed by atoms with Gasteiger partial charge in [-0.25, -0.2) is 0 Å². The molecule has 0 aromatic rings. The molecule has 0 aliphatic carbocycles. The SMILES string of the molecule is [2H]C([2H])CC([2H])([2H])CCCCCCCCCCCCCC([2H])C(=O)O. The second-order valence-corrected chi connectivity index (χ2v) is 5.42. The van der Waals surface area contributed by atoms with Crippen LogP contribution in [0, 0.1) is 0 Å². The van der Waals surface area contributed by atoms with Crippen molar-refractivity contribution in [3.63, 3.8) is 0 Å². The van der Waals surface area contributed by atoms with Gasteiger partial charge >= 0.3 is 5.97 Å². The quantitative estimate of drug-likeness (QED) is 0.337. The smallest absolute Gasteiger partial charge is 0.303 e. The summed E-state index contributed by atoms with van der Waals surface area (Å²) in [6.45, 7) is -1.07. The summed E-state index contributed by atoms with van der Waals surface area (Å²) in [7, 11) is 0. The Labute approximate surface area is 133 Å². The highest BCUT2D eigenvalue weighted by molar-refractivity contribution is 5.66. The number of carboxylic acids is 1. The van der Waals surface area contributed by atoms with Crippen molar-refractivity contribution in [2.24, 2.45) is 0 Å². The molecule has 0 aromatic heterocycles. The minimum absolute atomic E-state index is 0.00571. The zero-order valence-electron chi connectivity index (χ0n) is 17.9. The maximum atomic E-state index is 10.5. The van der Waals surface area contributed by atoms with Gasteiger partial charge in [-0.05, 0) is 6.42 Å². The molecule has 0 saturated carbocycles. The Bertz CT molecular complexity index is 337. The molecule has 0 rings (SSSR count). The fourth-order valence-corrected chi connectivity index (χ4v) is 2.31. The average molecular weight is 290 g/mol. The lowest BCUT2D eigenvalue weighted by Crippen LogP contribution is -1.93. The van der Waals surface area contributed by atoms with Gasteiger partial charge in [0.25, 0.3) is 0 Å². The van der Waals surface area contributed by atoms with E-state index in [-0.39, 0.29) is 6.42 Å². The van der Waals surface area contributed by atoms with Crippen LogP contribution < -0.4 is 0 Å². The summed E-state index contributed by atoms with van der Waals surface area (Å²) in [5.74, 6) is -1.02. The van der Waals surface area contributed by atoms with Crippen molar-refractivity contribution in [2.45, 2.75) is 110 Å². The summed E-state index contributed by atoms with van der Waals surface area (Å²) in [6, 6.07) is 0. The van der Waals surface area contributed by atoms with Crippen molar-refractivity contribution in [1.29, 1.82) is 0 Å². The van der Waals surface area contributed by atoms with E-state index in [2.05, 4.69) is 0 Å². The number of hydrogen-bond donors (Lipinski definition) is 1. The number of carbonyl (C=O) groups is 1. The summed E-state index contributed by atoms with van der Waals surface area (Å²) >= 11 is 0. The molecule has 0 radical (unpaired) electrons. The van der Waals surface area contributed by atoms with Gasteiger partial charge in [0, 0.05) is 13.3 Å². The highest BCUT2D eigenvalue weighted by Gasteiger charge is 1.97. The van der Waals surface area contributed by atoms with Crippen LogP contribution >= 0.6 is 0 Å². The Morgan fingerprint density at radius 2 is 1.20 bits per heavy atom. The third-order valence-electron chi connectivity index (χ3n) is 3.52. The van der Waals surface area contributed by atoms with E-state index in [1.54, 1.807) is 0 Å². The van der Waals surface area contributed by atoms with Crippen LogP contribution in [0.1, 0.15) is 116 Å². The van der Waals surface area contributed by atoms with Crippen LogP contribution in [-0.4, -0.2) is 11.1 Å². The first-order valence-electron chi connectivity index (χ1n) is 11.0. The van der Waals surface area contributed by atoms with Crippen molar-refractivity contribution < 1.29 is 16.8 Å². The van der Waals surface area contributed by atoms with E-state index >= 15 is 0 Å². The van der Waals surface area contributed by atoms with Crippen LogP contribution in [0.4, 0.5) is 0 Å². The molecular weight excluding hydrogens is 248 g/mol. The van der Waals surface area contributed by atoms with E-state index in [1.807, 2.05) is 0 Å². The zero-order valence-corrected chi connectivity index (χ0v) is 12.9. The molecule has 120 valence electrons. The predicted octanol–water partition coefficient (Wildman–Crippen LogP) is 6.33. The van der Waals surface area contributed by atoms with Gasteiger partial charge in [0.15, 0.2) is 0 Å². The van der Waals surface area contributed by atoms with Crippen molar-refractivity contribution in [2.75, 3.05) is 0 Å². The number of rotatable bonds is 16. The average Bonchev–Trinajstić information content (AvgIpc) is 2.50. The van der Waals surface area contributed by atoms with Gasteiger partial charge in [-0.15, -0.1) is 0 Å². The van der Waals surface area contributed by atoms with E-state index in [0.717, 1.165) is 38.5 Å². The first-order chi connectivity index (χ1) is 11.7. The molecule has 1 atom stereocenters. The van der Waals surface area contributed by atoms with Gasteiger partial charge in [-0.1, -0.05) is 96.7 Å². The van der Waals surface area contributed by atoms with Crippen LogP contribution in [-0.2, 0) is 4.79 Å². The summed E-state index contributed by atoms with van der Waals surface area (Å²) in [5, 5.41) is 8.61. The highest BCUT2D eigenvalue weighted by Crippen LogP contribution is 2.13. The Hall–Kier alpha value is -0.530. The third kappa shape index (κ3) is 17.5. The van der Waals surface area contributed by atoms with E-state index in [1.165, 1.54) is 32.1 Å². The van der Waals surface area contributed by atoms with E-state index < -0.39 is 25.6 Å². The van der Waals surface area contributed by atoms with Crippen molar-refractivity contribution in [1.82, 2.24) is 0 Å². The second kappa shape index (κ2) is 16.5. The Balaban J connectivity index is 3.28. The van der Waals surface area contributed by atoms with Crippen molar-refractivity contribution in [3.05, 3.63) is 0 Å². The molecule has 2 nitrogen and oxygen atoms in total. The maximum Gasteiger partial charge on any atom is 0.303 e. The number of unbranched alkanes of at least 4 members (excludes halogenated alkanes) is 10. The predicted molar refractivity (Wildman–Crippen MR) is 87.2 cm³/mol. The molecule has 0 spiro atoms. The lowest BCUT2D eigenvalue weighted by Gasteiger charge is -2.03. The topological polar surface area (TPSA) is 37.3 Å². The number of hydrogen-bond acceptors (Lipinski definition) is 1. The molecular formula is C18H36O2. The third-order valence-corrected chi connectivity index (χ3v) is 3.52. The van der Waals surface area contributed by atoms with Crippen LogP contribution in [0.25, 0.3) is 0 Å². The number of aliphatic carboxylic acids is 1. The van der Waals surface area contributed by atoms with Crippen molar-refractivity contribution in [3.8, 4) is 0 Å². The standard InChI is InChI=1S/C18H36O2/c1-2-3-4-5-6-7-8-9-10-11-12-13-14-15-16-17-18(19)20/h2-17H2,1H3,(H,19,20)/i1D2,3D2,17D. The normalized spacial score (nSPS) is 16.9.